The van der Waals surface area contributed by atoms with Gasteiger partial charge in [0.25, 0.3) is 0 Å². The van der Waals surface area contributed by atoms with Crippen LogP contribution in [-0.4, -0.2) is 37.0 Å². The molecule has 3 amide bonds. The standard InChI is InChI=1S/C21H26FN3O4/c1-14(16-5-6-19(28-2)18(22)12-16)24-20(26)15-7-9-25(10-8-15)21(27)23-13-17-4-3-11-29-17/h3-6,11-12,14-15H,7-10,13H2,1-2H3,(H,23,27)(H,24,26)/t14-/m1/s1. The number of methoxy groups -OCH3 is 1. The van der Waals surface area contributed by atoms with Gasteiger partial charge in [0.2, 0.25) is 5.91 Å². The van der Waals surface area contributed by atoms with E-state index >= 15 is 0 Å². The van der Waals surface area contributed by atoms with E-state index in [0.29, 0.717) is 43.8 Å². The predicted octanol–water partition coefficient (Wildman–Crippen LogP) is 3.23. The zero-order chi connectivity index (χ0) is 20.8. The summed E-state index contributed by atoms with van der Waals surface area (Å²) in [6, 6.07) is 7.74. The lowest BCUT2D eigenvalue weighted by atomic mass is 9.95. The molecule has 3 rings (SSSR count). The van der Waals surface area contributed by atoms with Crippen LogP contribution >= 0.6 is 0 Å². The molecule has 0 saturated carbocycles. The normalized spacial score (nSPS) is 15.6. The molecule has 0 spiro atoms. The maximum Gasteiger partial charge on any atom is 0.317 e. The van der Waals surface area contributed by atoms with Crippen LogP contribution in [0.4, 0.5) is 9.18 Å². The summed E-state index contributed by atoms with van der Waals surface area (Å²) < 4.78 is 24.0. The smallest absolute Gasteiger partial charge is 0.317 e. The Balaban J connectivity index is 1.45. The number of piperidine rings is 1. The fourth-order valence-corrected chi connectivity index (χ4v) is 3.40. The number of benzene rings is 1. The van der Waals surface area contributed by atoms with Gasteiger partial charge in [0, 0.05) is 19.0 Å². The number of furan rings is 1. The molecule has 1 atom stereocenters. The van der Waals surface area contributed by atoms with E-state index in [2.05, 4.69) is 10.6 Å². The minimum atomic E-state index is -0.458. The summed E-state index contributed by atoms with van der Waals surface area (Å²) in [7, 11) is 1.41. The highest BCUT2D eigenvalue weighted by Crippen LogP contribution is 2.23. The SMILES string of the molecule is COc1ccc([C@@H](C)NC(=O)C2CCN(C(=O)NCc3ccco3)CC2)cc1F. The average Bonchev–Trinajstić information content (AvgIpc) is 3.25. The van der Waals surface area contributed by atoms with E-state index in [-0.39, 0.29) is 29.6 Å². The first-order valence-corrected chi connectivity index (χ1v) is 9.67. The van der Waals surface area contributed by atoms with Crippen molar-refractivity contribution in [3.05, 3.63) is 53.7 Å². The van der Waals surface area contributed by atoms with Crippen LogP contribution in [0.1, 0.15) is 37.1 Å². The van der Waals surface area contributed by atoms with Gasteiger partial charge in [-0.25, -0.2) is 9.18 Å². The van der Waals surface area contributed by atoms with E-state index in [1.165, 1.54) is 13.2 Å². The zero-order valence-corrected chi connectivity index (χ0v) is 16.6. The van der Waals surface area contributed by atoms with Gasteiger partial charge in [0.05, 0.1) is 26.0 Å². The van der Waals surface area contributed by atoms with Crippen molar-refractivity contribution in [2.45, 2.75) is 32.4 Å². The van der Waals surface area contributed by atoms with Crippen LogP contribution < -0.4 is 15.4 Å². The summed E-state index contributed by atoms with van der Waals surface area (Å²) in [6.45, 7) is 3.17. The third-order valence-corrected chi connectivity index (χ3v) is 5.18. The highest BCUT2D eigenvalue weighted by molar-refractivity contribution is 5.80. The third-order valence-electron chi connectivity index (χ3n) is 5.18. The fraction of sp³-hybridized carbons (Fsp3) is 0.429. The molecule has 29 heavy (non-hydrogen) atoms. The molecule has 8 heteroatoms. The van der Waals surface area contributed by atoms with Crippen molar-refractivity contribution < 1.29 is 23.1 Å². The van der Waals surface area contributed by atoms with Crippen molar-refractivity contribution in [2.24, 2.45) is 5.92 Å². The highest BCUT2D eigenvalue weighted by atomic mass is 19.1. The van der Waals surface area contributed by atoms with Gasteiger partial charge in [0.1, 0.15) is 5.76 Å². The molecule has 0 radical (unpaired) electrons. The van der Waals surface area contributed by atoms with Crippen LogP contribution in [0, 0.1) is 11.7 Å². The minimum Gasteiger partial charge on any atom is -0.494 e. The second-order valence-corrected chi connectivity index (χ2v) is 7.12. The molecule has 0 bridgehead atoms. The summed E-state index contributed by atoms with van der Waals surface area (Å²) in [5.41, 5.74) is 0.673. The van der Waals surface area contributed by atoms with E-state index in [1.54, 1.807) is 35.4 Å². The lowest BCUT2D eigenvalue weighted by molar-refractivity contribution is -0.126. The van der Waals surface area contributed by atoms with Gasteiger partial charge in [-0.15, -0.1) is 0 Å². The largest absolute Gasteiger partial charge is 0.494 e. The fourth-order valence-electron chi connectivity index (χ4n) is 3.40. The lowest BCUT2D eigenvalue weighted by Crippen LogP contribution is -2.46. The van der Waals surface area contributed by atoms with Gasteiger partial charge < -0.3 is 24.7 Å². The molecular weight excluding hydrogens is 377 g/mol. The van der Waals surface area contributed by atoms with Gasteiger partial charge in [-0.3, -0.25) is 4.79 Å². The summed E-state index contributed by atoms with van der Waals surface area (Å²) in [4.78, 5) is 26.5. The van der Waals surface area contributed by atoms with Gasteiger partial charge >= 0.3 is 6.03 Å². The summed E-state index contributed by atoms with van der Waals surface area (Å²) >= 11 is 0. The number of likely N-dealkylation sites (tertiary alicyclic amines) is 1. The molecule has 1 aromatic carbocycles. The lowest BCUT2D eigenvalue weighted by Gasteiger charge is -2.32. The molecule has 1 aliphatic rings. The Morgan fingerprint density at radius 3 is 2.69 bits per heavy atom. The number of halogens is 1. The van der Waals surface area contributed by atoms with Crippen LogP contribution in [0.25, 0.3) is 0 Å². The maximum absolute atomic E-state index is 13.9. The molecule has 2 aromatic rings. The summed E-state index contributed by atoms with van der Waals surface area (Å²) in [5.74, 6) is 0.153. The van der Waals surface area contributed by atoms with Gasteiger partial charge in [0.15, 0.2) is 11.6 Å². The molecule has 1 aromatic heterocycles. The highest BCUT2D eigenvalue weighted by Gasteiger charge is 2.28. The van der Waals surface area contributed by atoms with Crippen molar-refractivity contribution in [3.8, 4) is 5.75 Å². The number of urea groups is 1. The van der Waals surface area contributed by atoms with Crippen molar-refractivity contribution in [1.82, 2.24) is 15.5 Å². The Morgan fingerprint density at radius 2 is 2.07 bits per heavy atom. The van der Waals surface area contributed by atoms with Crippen LogP contribution in [0.2, 0.25) is 0 Å². The van der Waals surface area contributed by atoms with Gasteiger partial charge in [-0.1, -0.05) is 6.07 Å². The maximum atomic E-state index is 13.9. The predicted molar refractivity (Wildman–Crippen MR) is 105 cm³/mol. The number of amides is 3. The van der Waals surface area contributed by atoms with Gasteiger partial charge in [-0.2, -0.15) is 0 Å². The molecular formula is C21H26FN3O4. The third kappa shape index (κ3) is 5.28. The van der Waals surface area contributed by atoms with Crippen LogP contribution in [0.5, 0.6) is 5.75 Å². The van der Waals surface area contributed by atoms with Crippen molar-refractivity contribution in [3.63, 3.8) is 0 Å². The Bertz CT molecular complexity index is 832. The Kier molecular flexibility index (Phi) is 6.74. The van der Waals surface area contributed by atoms with Crippen molar-refractivity contribution in [2.75, 3.05) is 20.2 Å². The molecule has 156 valence electrons. The number of rotatable bonds is 6. The average molecular weight is 403 g/mol. The zero-order valence-electron chi connectivity index (χ0n) is 16.6. The van der Waals surface area contributed by atoms with Crippen molar-refractivity contribution >= 4 is 11.9 Å². The number of carbonyl (C=O) groups is 2. The first-order chi connectivity index (χ1) is 14.0. The molecule has 2 N–H and O–H groups in total. The topological polar surface area (TPSA) is 83.8 Å². The molecule has 1 fully saturated rings. The summed E-state index contributed by atoms with van der Waals surface area (Å²) in [5, 5.41) is 5.75. The van der Waals surface area contributed by atoms with E-state index in [1.807, 2.05) is 6.92 Å². The number of carbonyl (C=O) groups excluding carboxylic acids is 2. The van der Waals surface area contributed by atoms with E-state index in [4.69, 9.17) is 9.15 Å². The summed E-state index contributed by atoms with van der Waals surface area (Å²) in [6.07, 6.45) is 2.74. The molecule has 2 heterocycles. The Labute approximate surface area is 169 Å². The van der Waals surface area contributed by atoms with Crippen LogP contribution in [0.3, 0.4) is 0 Å². The second-order valence-electron chi connectivity index (χ2n) is 7.12. The monoisotopic (exact) mass is 403 g/mol. The molecule has 1 saturated heterocycles. The Hall–Kier alpha value is -3.03. The van der Waals surface area contributed by atoms with E-state index in [0.717, 1.165) is 0 Å². The van der Waals surface area contributed by atoms with E-state index in [9.17, 15) is 14.0 Å². The number of ether oxygens (including phenoxy) is 1. The Morgan fingerprint density at radius 1 is 1.31 bits per heavy atom. The van der Waals surface area contributed by atoms with Crippen molar-refractivity contribution in [1.29, 1.82) is 0 Å². The van der Waals surface area contributed by atoms with Crippen LogP contribution in [0.15, 0.2) is 41.0 Å². The second kappa shape index (κ2) is 9.45. The number of nitrogens with zero attached hydrogens (tertiary/aromatic N) is 1. The van der Waals surface area contributed by atoms with Crippen LogP contribution in [-0.2, 0) is 11.3 Å². The van der Waals surface area contributed by atoms with E-state index < -0.39 is 5.82 Å². The van der Waals surface area contributed by atoms with Gasteiger partial charge in [-0.05, 0) is 49.6 Å². The minimum absolute atomic E-state index is 0.0793. The molecule has 0 unspecified atom stereocenters. The molecule has 1 aliphatic heterocycles. The molecule has 7 nitrogen and oxygen atoms in total. The number of hydrogen-bond acceptors (Lipinski definition) is 4. The molecule has 0 aliphatic carbocycles. The first kappa shape index (κ1) is 20.7. The first-order valence-electron chi connectivity index (χ1n) is 9.67. The quantitative estimate of drug-likeness (QED) is 0.776. The number of nitrogens with one attached hydrogen (secondary N) is 2. The number of hydrogen-bond donors (Lipinski definition) is 2.